The Labute approximate surface area is 165 Å². The molecule has 9 nitrogen and oxygen atoms in total. The minimum atomic E-state index is -4.53. The van der Waals surface area contributed by atoms with Gasteiger partial charge in [0.2, 0.25) is 5.95 Å². The van der Waals surface area contributed by atoms with Gasteiger partial charge in [-0.25, -0.2) is 20.2 Å². The van der Waals surface area contributed by atoms with Crippen molar-refractivity contribution < 1.29 is 13.2 Å². The van der Waals surface area contributed by atoms with Gasteiger partial charge in [0.15, 0.2) is 0 Å². The third kappa shape index (κ3) is 4.11. The summed E-state index contributed by atoms with van der Waals surface area (Å²) in [7, 11) is 0. The summed E-state index contributed by atoms with van der Waals surface area (Å²) < 4.78 is 41.4. The molecule has 0 aromatic carbocycles. The largest absolute Gasteiger partial charge is 0.421 e. The zero-order valence-electron chi connectivity index (χ0n) is 16.0. The van der Waals surface area contributed by atoms with Gasteiger partial charge < -0.3 is 10.6 Å². The SMILES string of the molecule is CCNc1nc(Nc2cc([C@H](C)N3N=CCN3)nn2C2CC2)ncc1C(F)(F)F. The molecule has 1 fully saturated rings. The van der Waals surface area contributed by atoms with Crippen LogP contribution >= 0.6 is 0 Å². The van der Waals surface area contributed by atoms with Gasteiger partial charge in [0.05, 0.1) is 18.3 Å². The quantitative estimate of drug-likeness (QED) is 0.647. The minimum absolute atomic E-state index is 0.0762. The smallest absolute Gasteiger partial charge is 0.370 e. The highest BCUT2D eigenvalue weighted by Gasteiger charge is 2.35. The van der Waals surface area contributed by atoms with E-state index >= 15 is 0 Å². The molecule has 1 saturated carbocycles. The number of hydrazone groups is 1. The number of aromatic nitrogens is 4. The van der Waals surface area contributed by atoms with Crippen molar-refractivity contribution in [2.45, 2.75) is 44.9 Å². The lowest BCUT2D eigenvalue weighted by atomic mass is 10.2. The van der Waals surface area contributed by atoms with Crippen molar-refractivity contribution in [1.29, 1.82) is 0 Å². The van der Waals surface area contributed by atoms with Crippen LogP contribution in [0.3, 0.4) is 0 Å². The van der Waals surface area contributed by atoms with E-state index in [1.165, 1.54) is 0 Å². The zero-order valence-corrected chi connectivity index (χ0v) is 16.0. The van der Waals surface area contributed by atoms with Crippen LogP contribution in [0.1, 0.15) is 50.0 Å². The van der Waals surface area contributed by atoms with Gasteiger partial charge in [-0.05, 0) is 26.7 Å². The Morgan fingerprint density at radius 3 is 2.76 bits per heavy atom. The van der Waals surface area contributed by atoms with Crippen LogP contribution in [0.2, 0.25) is 0 Å². The maximum Gasteiger partial charge on any atom is 0.421 e. The number of halogens is 3. The van der Waals surface area contributed by atoms with Crippen molar-refractivity contribution in [1.82, 2.24) is 30.3 Å². The highest BCUT2D eigenvalue weighted by molar-refractivity contribution is 5.60. The Morgan fingerprint density at radius 1 is 1.34 bits per heavy atom. The Hall–Kier alpha value is -2.89. The summed E-state index contributed by atoms with van der Waals surface area (Å²) in [5.41, 5.74) is 3.01. The molecule has 0 saturated heterocycles. The fourth-order valence-corrected chi connectivity index (χ4v) is 3.04. The van der Waals surface area contributed by atoms with Gasteiger partial charge in [0, 0.05) is 25.0 Å². The van der Waals surface area contributed by atoms with E-state index < -0.39 is 11.7 Å². The first-order chi connectivity index (χ1) is 13.9. The molecule has 2 aromatic rings. The fraction of sp³-hybridized carbons (Fsp3) is 0.529. The van der Waals surface area contributed by atoms with E-state index in [0.29, 0.717) is 18.9 Å². The standard InChI is InChI=1S/C17H22F3N9/c1-3-21-15-12(17(18,19)20)9-22-16(26-15)25-14-8-13(27-28(14)11-4-5-11)10(2)29-23-6-7-24-29/h6,8-11,24H,3-5,7H2,1-2H3,(H2,21,22,25,26)/t10-/m0/s1. The van der Waals surface area contributed by atoms with Gasteiger partial charge >= 0.3 is 6.18 Å². The van der Waals surface area contributed by atoms with Crippen LogP contribution in [-0.4, -0.2) is 44.2 Å². The number of rotatable bonds is 7. The molecule has 1 aliphatic heterocycles. The van der Waals surface area contributed by atoms with E-state index in [4.69, 9.17) is 0 Å². The molecule has 4 rings (SSSR count). The molecule has 3 N–H and O–H groups in total. The molecule has 0 spiro atoms. The first kappa shape index (κ1) is 19.4. The molecular formula is C17H22F3N9. The molecule has 0 amide bonds. The van der Waals surface area contributed by atoms with E-state index in [1.54, 1.807) is 18.3 Å². The van der Waals surface area contributed by atoms with Crippen LogP contribution in [-0.2, 0) is 6.18 Å². The summed E-state index contributed by atoms with van der Waals surface area (Å²) in [5, 5.41) is 16.3. The van der Waals surface area contributed by atoms with Crippen LogP contribution in [0.4, 0.5) is 30.8 Å². The molecule has 0 radical (unpaired) electrons. The number of nitrogens with zero attached hydrogens (tertiary/aromatic N) is 6. The number of nitrogens with one attached hydrogen (secondary N) is 3. The van der Waals surface area contributed by atoms with Crippen molar-refractivity contribution in [3.8, 4) is 0 Å². The molecule has 0 unspecified atom stereocenters. The van der Waals surface area contributed by atoms with E-state index in [9.17, 15) is 13.2 Å². The molecule has 1 atom stereocenters. The van der Waals surface area contributed by atoms with E-state index in [1.807, 2.05) is 17.7 Å². The second-order valence-corrected chi connectivity index (χ2v) is 6.92. The predicted octanol–water partition coefficient (Wildman–Crippen LogP) is 3.07. The Kier molecular flexibility index (Phi) is 5.03. The normalized spacial score (nSPS) is 17.6. The highest BCUT2D eigenvalue weighted by Crippen LogP contribution is 2.39. The van der Waals surface area contributed by atoms with E-state index in [-0.39, 0.29) is 23.8 Å². The lowest BCUT2D eigenvalue weighted by Crippen LogP contribution is -2.31. The summed E-state index contributed by atoms with van der Waals surface area (Å²) in [5.74, 6) is 0.464. The molecule has 2 aromatic heterocycles. The Balaban J connectivity index is 1.61. The summed E-state index contributed by atoms with van der Waals surface area (Å²) in [6, 6.07) is 2.00. The van der Waals surface area contributed by atoms with E-state index in [0.717, 1.165) is 24.7 Å². The minimum Gasteiger partial charge on any atom is -0.370 e. The summed E-state index contributed by atoms with van der Waals surface area (Å²) in [6.45, 7) is 4.65. The van der Waals surface area contributed by atoms with Gasteiger partial charge in [0.25, 0.3) is 0 Å². The van der Waals surface area contributed by atoms with Crippen molar-refractivity contribution in [2.24, 2.45) is 5.10 Å². The molecule has 0 bridgehead atoms. The van der Waals surface area contributed by atoms with Gasteiger partial charge in [0.1, 0.15) is 23.2 Å². The van der Waals surface area contributed by atoms with Crippen molar-refractivity contribution in [3.63, 3.8) is 0 Å². The lowest BCUT2D eigenvalue weighted by Gasteiger charge is -2.20. The summed E-state index contributed by atoms with van der Waals surface area (Å²) in [4.78, 5) is 7.90. The Bertz CT molecular complexity index is 904. The number of anilines is 3. The third-order valence-corrected chi connectivity index (χ3v) is 4.67. The predicted molar refractivity (Wildman–Crippen MR) is 102 cm³/mol. The molecular weight excluding hydrogens is 387 g/mol. The van der Waals surface area contributed by atoms with Crippen molar-refractivity contribution in [3.05, 3.63) is 23.5 Å². The van der Waals surface area contributed by atoms with Gasteiger partial charge in [-0.2, -0.15) is 28.4 Å². The van der Waals surface area contributed by atoms with Gasteiger partial charge in [-0.3, -0.25) is 0 Å². The van der Waals surface area contributed by atoms with Gasteiger partial charge in [-0.1, -0.05) is 0 Å². The van der Waals surface area contributed by atoms with Crippen LogP contribution in [0, 0.1) is 0 Å². The van der Waals surface area contributed by atoms with Crippen LogP contribution < -0.4 is 16.1 Å². The molecule has 12 heteroatoms. The number of hydrogen-bond donors (Lipinski definition) is 3. The molecule has 3 heterocycles. The second-order valence-electron chi connectivity index (χ2n) is 6.92. The molecule has 2 aliphatic rings. The number of hydrazine groups is 1. The zero-order chi connectivity index (χ0) is 20.6. The summed E-state index contributed by atoms with van der Waals surface area (Å²) in [6.07, 6.45) is 0.0304. The first-order valence-electron chi connectivity index (χ1n) is 9.46. The average Bonchev–Trinajstić information content (AvgIpc) is 3.20. The molecule has 156 valence electrons. The van der Waals surface area contributed by atoms with Crippen LogP contribution in [0.15, 0.2) is 17.4 Å². The Morgan fingerprint density at radius 2 is 2.14 bits per heavy atom. The maximum atomic E-state index is 13.2. The topological polar surface area (TPSA) is 95.3 Å². The van der Waals surface area contributed by atoms with Gasteiger partial charge in [-0.15, -0.1) is 0 Å². The number of alkyl halides is 3. The first-order valence-corrected chi connectivity index (χ1v) is 9.46. The number of hydrogen-bond acceptors (Lipinski definition) is 8. The monoisotopic (exact) mass is 409 g/mol. The van der Waals surface area contributed by atoms with Crippen molar-refractivity contribution >= 4 is 23.8 Å². The van der Waals surface area contributed by atoms with Crippen molar-refractivity contribution in [2.75, 3.05) is 23.7 Å². The fourth-order valence-electron chi connectivity index (χ4n) is 3.04. The molecule has 29 heavy (non-hydrogen) atoms. The molecule has 1 aliphatic carbocycles. The van der Waals surface area contributed by atoms with Crippen LogP contribution in [0.25, 0.3) is 0 Å². The highest BCUT2D eigenvalue weighted by atomic mass is 19.4. The van der Waals surface area contributed by atoms with E-state index in [2.05, 4.69) is 36.2 Å². The lowest BCUT2D eigenvalue weighted by molar-refractivity contribution is -0.137. The summed E-state index contributed by atoms with van der Waals surface area (Å²) >= 11 is 0. The van der Waals surface area contributed by atoms with Crippen LogP contribution in [0.5, 0.6) is 0 Å². The third-order valence-electron chi connectivity index (χ3n) is 4.67. The second kappa shape index (κ2) is 7.50. The average molecular weight is 409 g/mol. The maximum absolute atomic E-state index is 13.2.